The Hall–Kier alpha value is -2.56. The average molecular weight is 270 g/mol. The minimum Gasteiger partial charge on any atom is -0.497 e. The number of anilines is 1. The summed E-state index contributed by atoms with van der Waals surface area (Å²) in [5.41, 5.74) is 8.75. The maximum Gasteiger partial charge on any atom is 0.193 e. The smallest absolute Gasteiger partial charge is 0.193 e. The zero-order valence-corrected chi connectivity index (χ0v) is 11.6. The fraction of sp³-hybridized carbons (Fsp3) is 0.200. The molecule has 5 heteroatoms. The molecular weight excluding hydrogens is 252 g/mol. The van der Waals surface area contributed by atoms with E-state index in [1.54, 1.807) is 13.3 Å². The molecule has 0 unspecified atom stereocenters. The van der Waals surface area contributed by atoms with Gasteiger partial charge in [0.2, 0.25) is 0 Å². The Labute approximate surface area is 118 Å². The third kappa shape index (κ3) is 3.71. The van der Waals surface area contributed by atoms with E-state index >= 15 is 0 Å². The first-order valence-electron chi connectivity index (χ1n) is 6.30. The van der Waals surface area contributed by atoms with E-state index in [1.807, 2.05) is 43.3 Å². The van der Waals surface area contributed by atoms with Crippen molar-refractivity contribution in [1.82, 2.24) is 4.98 Å². The highest BCUT2D eigenvalue weighted by molar-refractivity contribution is 5.92. The van der Waals surface area contributed by atoms with Gasteiger partial charge in [0, 0.05) is 11.9 Å². The van der Waals surface area contributed by atoms with Crippen molar-refractivity contribution >= 4 is 11.6 Å². The second-order valence-corrected chi connectivity index (χ2v) is 4.32. The minimum atomic E-state index is 0.361. The van der Waals surface area contributed by atoms with Crippen molar-refractivity contribution in [3.8, 4) is 5.75 Å². The minimum absolute atomic E-state index is 0.361. The van der Waals surface area contributed by atoms with Crippen LogP contribution in [0.15, 0.2) is 47.6 Å². The number of aromatic nitrogens is 1. The van der Waals surface area contributed by atoms with Crippen molar-refractivity contribution in [1.29, 1.82) is 0 Å². The molecule has 2 rings (SSSR count). The first-order chi connectivity index (χ1) is 9.69. The summed E-state index contributed by atoms with van der Waals surface area (Å²) in [6, 6.07) is 11.4. The predicted molar refractivity (Wildman–Crippen MR) is 80.9 cm³/mol. The molecule has 0 saturated heterocycles. The van der Waals surface area contributed by atoms with Crippen molar-refractivity contribution in [2.24, 2.45) is 10.7 Å². The summed E-state index contributed by atoms with van der Waals surface area (Å²) in [6.45, 7) is 2.46. The number of nitrogens with zero attached hydrogens (tertiary/aromatic N) is 2. The van der Waals surface area contributed by atoms with Gasteiger partial charge in [0.05, 0.1) is 19.3 Å². The molecular formula is C15H18N4O. The monoisotopic (exact) mass is 270 g/mol. The fourth-order valence-corrected chi connectivity index (χ4v) is 1.71. The van der Waals surface area contributed by atoms with Gasteiger partial charge in [0.15, 0.2) is 5.96 Å². The summed E-state index contributed by atoms with van der Waals surface area (Å²) in [6.07, 6.45) is 1.75. The van der Waals surface area contributed by atoms with Crippen LogP contribution < -0.4 is 15.8 Å². The number of rotatable bonds is 4. The van der Waals surface area contributed by atoms with Gasteiger partial charge in [-0.2, -0.15) is 0 Å². The van der Waals surface area contributed by atoms with Crippen LogP contribution in [-0.2, 0) is 6.54 Å². The van der Waals surface area contributed by atoms with Crippen LogP contribution >= 0.6 is 0 Å². The summed E-state index contributed by atoms with van der Waals surface area (Å²) in [4.78, 5) is 8.56. The molecule has 1 aromatic heterocycles. The highest BCUT2D eigenvalue weighted by Gasteiger charge is 1.99. The molecule has 20 heavy (non-hydrogen) atoms. The lowest BCUT2D eigenvalue weighted by atomic mass is 10.2. The van der Waals surface area contributed by atoms with Gasteiger partial charge in [0.1, 0.15) is 5.75 Å². The van der Waals surface area contributed by atoms with Gasteiger partial charge in [-0.15, -0.1) is 0 Å². The topological polar surface area (TPSA) is 72.5 Å². The number of nitrogens with two attached hydrogens (primary N) is 1. The van der Waals surface area contributed by atoms with Crippen molar-refractivity contribution in [3.05, 3.63) is 53.9 Å². The first kappa shape index (κ1) is 13.9. The zero-order chi connectivity index (χ0) is 14.4. The molecule has 0 spiro atoms. The van der Waals surface area contributed by atoms with Gasteiger partial charge in [0.25, 0.3) is 0 Å². The highest BCUT2D eigenvalue weighted by atomic mass is 16.5. The van der Waals surface area contributed by atoms with Gasteiger partial charge >= 0.3 is 0 Å². The molecule has 0 fully saturated rings. The van der Waals surface area contributed by atoms with Crippen LogP contribution in [0.2, 0.25) is 0 Å². The second-order valence-electron chi connectivity index (χ2n) is 4.32. The normalized spacial score (nSPS) is 11.2. The van der Waals surface area contributed by atoms with Crippen LogP contribution in [0.1, 0.15) is 11.3 Å². The van der Waals surface area contributed by atoms with Crippen LogP contribution in [-0.4, -0.2) is 18.1 Å². The third-order valence-corrected chi connectivity index (χ3v) is 2.88. The zero-order valence-electron chi connectivity index (χ0n) is 11.6. The number of ether oxygens (including phenoxy) is 1. The molecule has 5 nitrogen and oxygen atoms in total. The largest absolute Gasteiger partial charge is 0.497 e. The summed E-state index contributed by atoms with van der Waals surface area (Å²) >= 11 is 0. The Bertz CT molecular complexity index is 593. The van der Waals surface area contributed by atoms with Crippen molar-refractivity contribution in [2.75, 3.05) is 12.4 Å². The Balaban J connectivity index is 1.98. The number of nitrogens with one attached hydrogen (secondary N) is 1. The highest BCUT2D eigenvalue weighted by Crippen LogP contribution is 2.14. The van der Waals surface area contributed by atoms with Crippen LogP contribution in [0.25, 0.3) is 0 Å². The standard InChI is InChI=1S/C15H18N4O/c1-11-4-3-9-17-14(11)10-18-15(16)19-12-5-7-13(20-2)8-6-12/h3-9H,10H2,1-2H3,(H3,16,18,19). The van der Waals surface area contributed by atoms with Gasteiger partial charge < -0.3 is 15.8 Å². The molecule has 0 aliphatic heterocycles. The van der Waals surface area contributed by atoms with E-state index in [0.717, 1.165) is 22.7 Å². The second kappa shape index (κ2) is 6.56. The number of pyridine rings is 1. The molecule has 104 valence electrons. The summed E-state index contributed by atoms with van der Waals surface area (Å²) in [5, 5.41) is 3.03. The van der Waals surface area contributed by atoms with Gasteiger partial charge in [-0.25, -0.2) is 4.99 Å². The van der Waals surface area contributed by atoms with Crippen molar-refractivity contribution in [2.45, 2.75) is 13.5 Å². The fourth-order valence-electron chi connectivity index (χ4n) is 1.71. The molecule has 0 amide bonds. The average Bonchev–Trinajstić information content (AvgIpc) is 2.47. The molecule has 1 aromatic carbocycles. The lowest BCUT2D eigenvalue weighted by molar-refractivity contribution is 0.415. The van der Waals surface area contributed by atoms with Crippen molar-refractivity contribution in [3.63, 3.8) is 0 Å². The number of hydrogen-bond acceptors (Lipinski definition) is 3. The number of aliphatic imine (C=N–C) groups is 1. The molecule has 3 N–H and O–H groups in total. The number of methoxy groups -OCH3 is 1. The summed E-state index contributed by atoms with van der Waals surface area (Å²) in [5.74, 6) is 1.16. The predicted octanol–water partition coefficient (Wildman–Crippen LogP) is 2.33. The Morgan fingerprint density at radius 1 is 1.30 bits per heavy atom. The van der Waals surface area contributed by atoms with Gasteiger partial charge in [-0.3, -0.25) is 4.98 Å². The number of guanidine groups is 1. The van der Waals surface area contributed by atoms with E-state index in [4.69, 9.17) is 10.5 Å². The molecule has 0 aliphatic carbocycles. The van der Waals surface area contributed by atoms with Crippen LogP contribution in [0.3, 0.4) is 0 Å². The lowest BCUT2D eigenvalue weighted by Crippen LogP contribution is -2.22. The molecule has 0 atom stereocenters. The van der Waals surface area contributed by atoms with Crippen molar-refractivity contribution < 1.29 is 4.74 Å². The number of aryl methyl sites for hydroxylation is 1. The van der Waals surface area contributed by atoms with E-state index in [2.05, 4.69) is 15.3 Å². The van der Waals surface area contributed by atoms with Gasteiger partial charge in [-0.1, -0.05) is 6.07 Å². The van der Waals surface area contributed by atoms with E-state index in [-0.39, 0.29) is 0 Å². The maximum atomic E-state index is 5.85. The SMILES string of the molecule is COc1ccc(NC(N)=NCc2ncccc2C)cc1. The summed E-state index contributed by atoms with van der Waals surface area (Å²) in [7, 11) is 1.63. The first-order valence-corrected chi connectivity index (χ1v) is 6.30. The van der Waals surface area contributed by atoms with Gasteiger partial charge in [-0.05, 0) is 42.8 Å². The van der Waals surface area contributed by atoms with Crippen LogP contribution in [0.5, 0.6) is 5.75 Å². The molecule has 2 aromatic rings. The third-order valence-electron chi connectivity index (χ3n) is 2.88. The summed E-state index contributed by atoms with van der Waals surface area (Å²) < 4.78 is 5.10. The Morgan fingerprint density at radius 2 is 2.05 bits per heavy atom. The molecule has 0 aliphatic rings. The van der Waals surface area contributed by atoms with E-state index in [9.17, 15) is 0 Å². The number of hydrogen-bond donors (Lipinski definition) is 2. The Kier molecular flexibility index (Phi) is 4.55. The van der Waals surface area contributed by atoms with E-state index in [0.29, 0.717) is 12.5 Å². The van der Waals surface area contributed by atoms with Crippen LogP contribution in [0.4, 0.5) is 5.69 Å². The molecule has 0 radical (unpaired) electrons. The van der Waals surface area contributed by atoms with E-state index < -0.39 is 0 Å². The molecule has 0 bridgehead atoms. The van der Waals surface area contributed by atoms with E-state index in [1.165, 1.54) is 0 Å². The lowest BCUT2D eigenvalue weighted by Gasteiger charge is -2.07. The number of benzene rings is 1. The van der Waals surface area contributed by atoms with Crippen LogP contribution in [0, 0.1) is 6.92 Å². The quantitative estimate of drug-likeness (QED) is 0.660. The molecule has 1 heterocycles. The molecule has 0 saturated carbocycles. The maximum absolute atomic E-state index is 5.85. The Morgan fingerprint density at radius 3 is 2.70 bits per heavy atom.